The second kappa shape index (κ2) is 13.9. The average molecular weight is 625 g/mol. The molecule has 0 amide bonds. The van der Waals surface area contributed by atoms with E-state index in [1.807, 2.05) is 76.2 Å². The Morgan fingerprint density at radius 3 is 1.33 bits per heavy atom. The van der Waals surface area contributed by atoms with Crippen molar-refractivity contribution in [3.63, 3.8) is 0 Å². The van der Waals surface area contributed by atoms with Gasteiger partial charge in [0.25, 0.3) is 23.1 Å². The molecule has 2 aromatic carbocycles. The van der Waals surface area contributed by atoms with Crippen LogP contribution in [-0.2, 0) is 26.1 Å². The highest BCUT2D eigenvalue weighted by molar-refractivity contribution is 5.76. The normalized spacial score (nSPS) is 10.9. The summed E-state index contributed by atoms with van der Waals surface area (Å²) < 4.78 is 21.1. The van der Waals surface area contributed by atoms with Crippen LogP contribution in [0.2, 0.25) is 0 Å². The number of nitrogens with zero attached hydrogens (tertiary/aromatic N) is 2. The molecular formula is C34H32N4O8. The van der Waals surface area contributed by atoms with Gasteiger partial charge >= 0.3 is 11.3 Å². The van der Waals surface area contributed by atoms with Crippen LogP contribution in [0.3, 0.4) is 0 Å². The molecular weight excluding hydrogens is 592 g/mol. The third kappa shape index (κ3) is 7.46. The van der Waals surface area contributed by atoms with Crippen molar-refractivity contribution in [2.75, 3.05) is 0 Å². The highest BCUT2D eigenvalue weighted by atomic mass is 16.5. The molecule has 0 aliphatic rings. The molecule has 0 bridgehead atoms. The number of hydrogen-bond acceptors (Lipinski definition) is 10. The van der Waals surface area contributed by atoms with Crippen molar-refractivity contribution >= 4 is 22.2 Å². The molecule has 12 heteroatoms. The van der Waals surface area contributed by atoms with Gasteiger partial charge in [-0.1, -0.05) is 73.5 Å². The van der Waals surface area contributed by atoms with Crippen LogP contribution < -0.4 is 31.8 Å². The van der Waals surface area contributed by atoms with E-state index in [4.69, 9.17) is 18.3 Å². The minimum atomic E-state index is -0.531. The van der Waals surface area contributed by atoms with Crippen LogP contribution in [0.25, 0.3) is 22.2 Å². The predicted octanol–water partition coefficient (Wildman–Crippen LogP) is 4.65. The molecule has 0 unspecified atom stereocenters. The Morgan fingerprint density at radius 1 is 0.609 bits per heavy atom. The lowest BCUT2D eigenvalue weighted by Gasteiger charge is -2.07. The lowest BCUT2D eigenvalue weighted by atomic mass is 10.1. The molecule has 0 aliphatic heterocycles. The van der Waals surface area contributed by atoms with Gasteiger partial charge in [0, 0.05) is 12.1 Å². The van der Waals surface area contributed by atoms with Crippen molar-refractivity contribution in [2.45, 2.75) is 53.8 Å². The Labute approximate surface area is 261 Å². The summed E-state index contributed by atoms with van der Waals surface area (Å²) in [5.41, 5.74) is 3.58. The van der Waals surface area contributed by atoms with E-state index in [1.165, 1.54) is 12.1 Å². The average Bonchev–Trinajstić information content (AvgIpc) is 3.03. The summed E-state index contributed by atoms with van der Waals surface area (Å²) in [4.78, 5) is 60.8. The number of ether oxygens (including phenoxy) is 2. The zero-order valence-corrected chi connectivity index (χ0v) is 25.8. The number of aryl methyl sites for hydroxylation is 4. The minimum absolute atomic E-state index is 0.00277. The zero-order chi connectivity index (χ0) is 32.8. The summed E-state index contributed by atoms with van der Waals surface area (Å²) in [6.45, 7) is 8.23. The smallest absolute Gasteiger partial charge is 0.337 e. The molecule has 236 valence electrons. The maximum absolute atomic E-state index is 12.2. The highest BCUT2D eigenvalue weighted by Gasteiger charge is 2.14. The van der Waals surface area contributed by atoms with Crippen LogP contribution in [-0.4, -0.2) is 19.9 Å². The second-order valence-corrected chi connectivity index (χ2v) is 10.5. The molecule has 0 aliphatic carbocycles. The van der Waals surface area contributed by atoms with Crippen molar-refractivity contribution in [1.82, 2.24) is 19.9 Å². The van der Waals surface area contributed by atoms with E-state index in [0.717, 1.165) is 22.3 Å². The Morgan fingerprint density at radius 2 is 0.978 bits per heavy atom. The van der Waals surface area contributed by atoms with Crippen molar-refractivity contribution in [1.29, 1.82) is 0 Å². The summed E-state index contributed by atoms with van der Waals surface area (Å²) in [5, 5.41) is 0.574. The monoisotopic (exact) mass is 624 g/mol. The maximum Gasteiger partial charge on any atom is 0.337 e. The molecule has 46 heavy (non-hydrogen) atoms. The molecule has 6 aromatic rings. The van der Waals surface area contributed by atoms with Crippen LogP contribution in [0.4, 0.5) is 0 Å². The molecule has 4 heterocycles. The fourth-order valence-corrected chi connectivity index (χ4v) is 4.62. The van der Waals surface area contributed by atoms with E-state index in [1.54, 1.807) is 0 Å². The van der Waals surface area contributed by atoms with Crippen molar-refractivity contribution in [2.24, 2.45) is 0 Å². The number of aromatic nitrogens is 4. The Balaban J connectivity index is 0.000000181. The maximum atomic E-state index is 12.2. The van der Waals surface area contributed by atoms with Crippen molar-refractivity contribution in [3.8, 4) is 12.0 Å². The largest absolute Gasteiger partial charge is 0.460 e. The van der Waals surface area contributed by atoms with Gasteiger partial charge in [-0.15, -0.1) is 0 Å². The third-order valence-corrected chi connectivity index (χ3v) is 7.10. The van der Waals surface area contributed by atoms with E-state index >= 15 is 0 Å². The molecule has 0 radical (unpaired) electrons. The first kappa shape index (κ1) is 31.6. The van der Waals surface area contributed by atoms with Crippen LogP contribution in [0.5, 0.6) is 12.0 Å². The first-order valence-corrected chi connectivity index (χ1v) is 14.6. The molecule has 0 spiro atoms. The van der Waals surface area contributed by atoms with E-state index in [0.29, 0.717) is 24.0 Å². The first-order chi connectivity index (χ1) is 22.1. The quantitative estimate of drug-likeness (QED) is 0.243. The molecule has 0 saturated heterocycles. The van der Waals surface area contributed by atoms with E-state index in [-0.39, 0.29) is 58.6 Å². The number of aromatic amines is 2. The van der Waals surface area contributed by atoms with E-state index < -0.39 is 11.3 Å². The number of hydrogen-bond donors (Lipinski definition) is 2. The Bertz CT molecular complexity index is 2070. The van der Waals surface area contributed by atoms with E-state index in [2.05, 4.69) is 19.9 Å². The molecule has 12 nitrogen and oxygen atoms in total. The zero-order valence-electron chi connectivity index (χ0n) is 25.8. The fourth-order valence-electron chi connectivity index (χ4n) is 4.62. The van der Waals surface area contributed by atoms with Gasteiger partial charge in [-0.25, -0.2) is 9.59 Å². The van der Waals surface area contributed by atoms with Gasteiger partial charge < -0.3 is 18.3 Å². The molecule has 0 saturated carbocycles. The van der Waals surface area contributed by atoms with E-state index in [9.17, 15) is 19.2 Å². The van der Waals surface area contributed by atoms with Gasteiger partial charge in [-0.05, 0) is 48.9 Å². The predicted molar refractivity (Wildman–Crippen MR) is 172 cm³/mol. The summed E-state index contributed by atoms with van der Waals surface area (Å²) >= 11 is 0. The van der Waals surface area contributed by atoms with Crippen LogP contribution in [0.15, 0.2) is 88.7 Å². The third-order valence-electron chi connectivity index (χ3n) is 7.10. The van der Waals surface area contributed by atoms with Crippen LogP contribution in [0.1, 0.15) is 47.2 Å². The van der Waals surface area contributed by atoms with Crippen molar-refractivity contribution in [3.05, 3.63) is 136 Å². The molecule has 6 rings (SSSR count). The van der Waals surface area contributed by atoms with Gasteiger partial charge in [0.1, 0.15) is 24.0 Å². The van der Waals surface area contributed by atoms with Crippen LogP contribution >= 0.6 is 0 Å². The topological polar surface area (TPSA) is 170 Å². The molecule has 0 atom stereocenters. The Kier molecular flexibility index (Phi) is 9.55. The number of nitrogens with one attached hydrogen (secondary N) is 2. The van der Waals surface area contributed by atoms with Gasteiger partial charge in [-0.2, -0.15) is 9.97 Å². The molecule has 4 aromatic heterocycles. The number of rotatable bonds is 8. The lowest BCUT2D eigenvalue weighted by molar-refractivity contribution is 0.279. The lowest BCUT2D eigenvalue weighted by Crippen LogP contribution is -2.15. The highest BCUT2D eigenvalue weighted by Crippen LogP contribution is 2.16. The minimum Gasteiger partial charge on any atom is -0.460 e. The first-order valence-electron chi connectivity index (χ1n) is 14.6. The summed E-state index contributed by atoms with van der Waals surface area (Å²) in [6.07, 6.45) is 1.08. The SMILES string of the molecule is CCc1cc(=O)oc2nc(OCc3ccc(C)cc3)[nH]c(=O)c12.CCc1cc(=O)oc2nc(OCc3ccc(C)cc3)[nH]c(=O)c12. The number of benzene rings is 2. The molecule has 0 fully saturated rings. The van der Waals surface area contributed by atoms with Gasteiger partial charge in [0.2, 0.25) is 11.4 Å². The van der Waals surface area contributed by atoms with Crippen LogP contribution in [0, 0.1) is 13.8 Å². The second-order valence-electron chi connectivity index (χ2n) is 10.5. The van der Waals surface area contributed by atoms with Gasteiger partial charge in [-0.3, -0.25) is 19.6 Å². The molecule has 2 N–H and O–H groups in total. The van der Waals surface area contributed by atoms with Gasteiger partial charge in [0.15, 0.2) is 0 Å². The fraction of sp³-hybridized carbons (Fsp3) is 0.235. The van der Waals surface area contributed by atoms with Crippen molar-refractivity contribution < 1.29 is 18.3 Å². The number of H-pyrrole nitrogens is 2. The Hall–Kier alpha value is -5.78. The summed E-state index contributed by atoms with van der Waals surface area (Å²) in [7, 11) is 0. The van der Waals surface area contributed by atoms with Gasteiger partial charge in [0.05, 0.1) is 0 Å². The summed E-state index contributed by atoms with van der Waals surface area (Å²) in [5.74, 6) is 0. The standard InChI is InChI=1S/2C17H16N2O4/c2*1-3-12-8-13(20)23-16-14(12)15(21)18-17(19-16)22-9-11-6-4-10(2)5-7-11/h2*4-8H,3,9H2,1-2H3,(H,18,19,21). The summed E-state index contributed by atoms with van der Waals surface area (Å²) in [6, 6.07) is 18.3. The number of fused-ring (bicyclic) bond motifs is 2.